The number of H-pyrrole nitrogens is 1. The Labute approximate surface area is 192 Å². The lowest BCUT2D eigenvalue weighted by Crippen LogP contribution is -2.49. The molecule has 0 aliphatic carbocycles. The standard InChI is InChI=1S/C24H29N5O4/c1-14-7-6-8-17-18(14)27-20(26-17)15-11-25-12-16(21(30)31)19(15)29-10-9-24(5,13-29)28-22(32)33-23(2,3)4/h6-8,11-12H,9-10,13H2,1-5H3,(H,26,27)(H,28,32)(H,30,31)/t24-/m0/s1. The molecule has 0 saturated carbocycles. The van der Waals surface area contributed by atoms with Crippen LogP contribution in [0.3, 0.4) is 0 Å². The van der Waals surface area contributed by atoms with E-state index >= 15 is 0 Å². The number of carbonyl (C=O) groups is 2. The van der Waals surface area contributed by atoms with Gasteiger partial charge in [-0.2, -0.15) is 0 Å². The van der Waals surface area contributed by atoms with Crippen LogP contribution in [-0.2, 0) is 4.74 Å². The Balaban J connectivity index is 1.71. The maximum Gasteiger partial charge on any atom is 0.408 e. The molecule has 4 rings (SSSR count). The highest BCUT2D eigenvalue weighted by Gasteiger charge is 2.38. The van der Waals surface area contributed by atoms with Crippen LogP contribution in [0.5, 0.6) is 0 Å². The summed E-state index contributed by atoms with van der Waals surface area (Å²) in [5.74, 6) is -0.515. The van der Waals surface area contributed by atoms with Crippen LogP contribution in [0, 0.1) is 6.92 Å². The van der Waals surface area contributed by atoms with Crippen molar-refractivity contribution >= 4 is 28.8 Å². The van der Waals surface area contributed by atoms with Gasteiger partial charge in [-0.1, -0.05) is 12.1 Å². The molecule has 3 aromatic rings. The SMILES string of the molecule is Cc1cccc2[nH]c(-c3cncc(C(=O)O)c3N3CC[C@](C)(NC(=O)OC(C)(C)C)C3)nc12. The molecule has 1 amide bonds. The van der Waals surface area contributed by atoms with Crippen molar-refractivity contribution < 1.29 is 19.4 Å². The molecule has 1 aliphatic rings. The summed E-state index contributed by atoms with van der Waals surface area (Å²) in [5, 5.41) is 12.9. The number of carboxylic acid groups (broad SMARTS) is 1. The van der Waals surface area contributed by atoms with E-state index in [9.17, 15) is 14.7 Å². The number of anilines is 1. The van der Waals surface area contributed by atoms with Crippen molar-refractivity contribution in [3.8, 4) is 11.4 Å². The molecule has 9 nitrogen and oxygen atoms in total. The molecule has 0 spiro atoms. The molecule has 9 heteroatoms. The van der Waals surface area contributed by atoms with Gasteiger partial charge in [-0.3, -0.25) is 4.98 Å². The van der Waals surface area contributed by atoms with Crippen molar-refractivity contribution in [2.24, 2.45) is 0 Å². The van der Waals surface area contributed by atoms with Crippen molar-refractivity contribution in [2.45, 2.75) is 52.2 Å². The third-order valence-electron chi connectivity index (χ3n) is 5.71. The predicted octanol–water partition coefficient (Wildman–Crippen LogP) is 4.13. The van der Waals surface area contributed by atoms with Crippen LogP contribution in [-0.4, -0.2) is 56.4 Å². The number of aryl methyl sites for hydroxylation is 1. The van der Waals surface area contributed by atoms with Gasteiger partial charge in [0.25, 0.3) is 0 Å². The maximum absolute atomic E-state index is 12.4. The van der Waals surface area contributed by atoms with Gasteiger partial charge in [-0.05, 0) is 52.7 Å². The number of aromatic amines is 1. The summed E-state index contributed by atoms with van der Waals surface area (Å²) in [7, 11) is 0. The largest absolute Gasteiger partial charge is 0.478 e. The van der Waals surface area contributed by atoms with Gasteiger partial charge in [0, 0.05) is 25.5 Å². The smallest absolute Gasteiger partial charge is 0.408 e. The summed E-state index contributed by atoms with van der Waals surface area (Å²) in [6, 6.07) is 5.86. The number of benzene rings is 1. The molecule has 1 atom stereocenters. The number of rotatable bonds is 4. The first-order chi connectivity index (χ1) is 15.5. The fourth-order valence-electron chi connectivity index (χ4n) is 4.23. The number of nitrogens with zero attached hydrogens (tertiary/aromatic N) is 3. The van der Waals surface area contributed by atoms with Crippen molar-refractivity contribution in [3.63, 3.8) is 0 Å². The van der Waals surface area contributed by atoms with Crippen molar-refractivity contribution in [3.05, 3.63) is 41.7 Å². The molecule has 33 heavy (non-hydrogen) atoms. The van der Waals surface area contributed by atoms with Gasteiger partial charge in [0.1, 0.15) is 17.0 Å². The Kier molecular flexibility index (Phi) is 5.51. The number of carboxylic acids is 1. The molecule has 1 aliphatic heterocycles. The summed E-state index contributed by atoms with van der Waals surface area (Å²) in [6.07, 6.45) is 3.12. The van der Waals surface area contributed by atoms with Crippen molar-refractivity contribution in [1.29, 1.82) is 0 Å². The minimum Gasteiger partial charge on any atom is -0.478 e. The van der Waals surface area contributed by atoms with E-state index < -0.39 is 23.2 Å². The highest BCUT2D eigenvalue weighted by Crippen LogP contribution is 2.37. The minimum atomic E-state index is -1.07. The zero-order chi connectivity index (χ0) is 24.0. The molecule has 174 valence electrons. The van der Waals surface area contributed by atoms with Crippen LogP contribution in [0.25, 0.3) is 22.4 Å². The van der Waals surface area contributed by atoms with Crippen LogP contribution in [0.2, 0.25) is 0 Å². The molecular formula is C24H29N5O4. The monoisotopic (exact) mass is 451 g/mol. The van der Waals surface area contributed by atoms with Crippen molar-refractivity contribution in [2.75, 3.05) is 18.0 Å². The number of para-hydroxylation sites is 1. The number of carbonyl (C=O) groups excluding carboxylic acids is 1. The first kappa shape index (κ1) is 22.6. The van der Waals surface area contributed by atoms with E-state index in [0.29, 0.717) is 36.6 Å². The van der Waals surface area contributed by atoms with Crippen LogP contribution in [0.15, 0.2) is 30.6 Å². The highest BCUT2D eigenvalue weighted by atomic mass is 16.6. The lowest BCUT2D eigenvalue weighted by molar-refractivity contribution is 0.0472. The van der Waals surface area contributed by atoms with E-state index in [2.05, 4.69) is 15.3 Å². The number of pyridine rings is 1. The first-order valence-electron chi connectivity index (χ1n) is 10.9. The Bertz CT molecular complexity index is 1230. The zero-order valence-electron chi connectivity index (χ0n) is 19.5. The molecule has 1 aromatic carbocycles. The molecule has 2 aromatic heterocycles. The third kappa shape index (κ3) is 4.62. The second-order valence-electron chi connectivity index (χ2n) is 9.80. The molecule has 3 heterocycles. The van der Waals surface area contributed by atoms with Gasteiger partial charge < -0.3 is 25.0 Å². The fourth-order valence-corrected chi connectivity index (χ4v) is 4.23. The van der Waals surface area contributed by atoms with Gasteiger partial charge in [-0.15, -0.1) is 0 Å². The normalized spacial score (nSPS) is 18.5. The average molecular weight is 452 g/mol. The van der Waals surface area contributed by atoms with Gasteiger partial charge in [0.05, 0.1) is 27.8 Å². The second-order valence-corrected chi connectivity index (χ2v) is 9.80. The van der Waals surface area contributed by atoms with E-state index in [1.54, 1.807) is 6.20 Å². The molecule has 3 N–H and O–H groups in total. The van der Waals surface area contributed by atoms with Gasteiger partial charge in [0.15, 0.2) is 0 Å². The number of hydrogen-bond acceptors (Lipinski definition) is 6. The van der Waals surface area contributed by atoms with Gasteiger partial charge in [-0.25, -0.2) is 14.6 Å². The summed E-state index contributed by atoms with van der Waals surface area (Å²) in [5.41, 5.74) is 2.76. The number of imidazole rings is 1. The van der Waals surface area contributed by atoms with E-state index in [1.807, 2.05) is 57.7 Å². The fraction of sp³-hybridized carbons (Fsp3) is 0.417. The lowest BCUT2D eigenvalue weighted by Gasteiger charge is -2.29. The topological polar surface area (TPSA) is 120 Å². The first-order valence-corrected chi connectivity index (χ1v) is 10.9. The Morgan fingerprint density at radius 1 is 1.27 bits per heavy atom. The van der Waals surface area contributed by atoms with Crippen LogP contribution < -0.4 is 10.2 Å². The van der Waals surface area contributed by atoms with E-state index in [0.717, 1.165) is 16.6 Å². The predicted molar refractivity (Wildman–Crippen MR) is 126 cm³/mol. The molecule has 0 radical (unpaired) electrons. The van der Waals surface area contributed by atoms with Crippen LogP contribution in [0.1, 0.15) is 50.0 Å². The number of fused-ring (bicyclic) bond motifs is 1. The average Bonchev–Trinajstić information content (AvgIpc) is 3.30. The number of aromatic nitrogens is 3. The quantitative estimate of drug-likeness (QED) is 0.545. The summed E-state index contributed by atoms with van der Waals surface area (Å²) >= 11 is 0. The summed E-state index contributed by atoms with van der Waals surface area (Å²) in [4.78, 5) is 38.7. The molecule has 1 saturated heterocycles. The Hall–Kier alpha value is -3.62. The number of aromatic carboxylic acids is 1. The number of hydrogen-bond donors (Lipinski definition) is 3. The summed E-state index contributed by atoms with van der Waals surface area (Å²) in [6.45, 7) is 10.3. The van der Waals surface area contributed by atoms with Gasteiger partial charge >= 0.3 is 12.1 Å². The van der Waals surface area contributed by atoms with Crippen LogP contribution in [0.4, 0.5) is 10.5 Å². The number of nitrogens with one attached hydrogen (secondary N) is 2. The molecule has 0 bridgehead atoms. The Morgan fingerprint density at radius 3 is 2.70 bits per heavy atom. The second kappa shape index (κ2) is 8.06. The van der Waals surface area contributed by atoms with Crippen molar-refractivity contribution in [1.82, 2.24) is 20.3 Å². The third-order valence-corrected chi connectivity index (χ3v) is 5.71. The molecule has 0 unspecified atom stereocenters. The van der Waals surface area contributed by atoms with E-state index in [4.69, 9.17) is 9.72 Å². The number of ether oxygens (including phenoxy) is 1. The van der Waals surface area contributed by atoms with Crippen LogP contribution >= 0.6 is 0 Å². The van der Waals surface area contributed by atoms with E-state index in [1.165, 1.54) is 6.20 Å². The lowest BCUT2D eigenvalue weighted by atomic mass is 10.0. The Morgan fingerprint density at radius 2 is 2.03 bits per heavy atom. The molecule has 1 fully saturated rings. The number of alkyl carbamates (subject to hydrolysis) is 1. The zero-order valence-corrected chi connectivity index (χ0v) is 19.5. The van der Waals surface area contributed by atoms with E-state index in [-0.39, 0.29) is 5.56 Å². The number of amides is 1. The minimum absolute atomic E-state index is 0.0891. The maximum atomic E-state index is 12.4. The molecular weight excluding hydrogens is 422 g/mol. The highest BCUT2D eigenvalue weighted by molar-refractivity contribution is 5.99. The van der Waals surface area contributed by atoms with Gasteiger partial charge in [0.2, 0.25) is 0 Å². The summed E-state index contributed by atoms with van der Waals surface area (Å²) < 4.78 is 5.42.